The van der Waals surface area contributed by atoms with Crippen molar-refractivity contribution < 1.29 is 22.4 Å². The highest BCUT2D eigenvalue weighted by molar-refractivity contribution is 7.91. The summed E-state index contributed by atoms with van der Waals surface area (Å²) in [4.78, 5) is 22.6. The minimum absolute atomic E-state index is 0.0654. The number of anilines is 2. The predicted molar refractivity (Wildman–Crippen MR) is 146 cm³/mol. The van der Waals surface area contributed by atoms with Gasteiger partial charge in [0.2, 0.25) is 5.91 Å². The van der Waals surface area contributed by atoms with E-state index in [4.69, 9.17) is 14.1 Å². The molecule has 2 aromatic rings. The van der Waals surface area contributed by atoms with E-state index in [1.807, 2.05) is 24.3 Å². The summed E-state index contributed by atoms with van der Waals surface area (Å²) in [5, 5.41) is 12.6. The van der Waals surface area contributed by atoms with Crippen LogP contribution >= 0.6 is 0 Å². The Bertz CT molecular complexity index is 1340. The Hall–Kier alpha value is -3.10. The van der Waals surface area contributed by atoms with Gasteiger partial charge in [0.25, 0.3) is 6.01 Å². The maximum atomic E-state index is 13.4. The minimum Gasteiger partial charge on any atom is -0.428 e. The van der Waals surface area contributed by atoms with Crippen molar-refractivity contribution in [2.45, 2.75) is 50.0 Å². The quantitative estimate of drug-likeness (QED) is 0.574. The number of carbonyl (C=O) groups is 1. The van der Waals surface area contributed by atoms with Gasteiger partial charge in [-0.25, -0.2) is 8.42 Å². The molecular weight excluding hydrogens is 518 g/mol. The number of benzene rings is 1. The molecule has 1 amide bonds. The number of ether oxygens (including phenoxy) is 1. The second-order valence-electron chi connectivity index (χ2n) is 11.2. The highest BCUT2D eigenvalue weighted by atomic mass is 32.2. The zero-order chi connectivity index (χ0) is 27.0. The van der Waals surface area contributed by atoms with E-state index < -0.39 is 15.4 Å². The highest BCUT2D eigenvalue weighted by Gasteiger charge is 2.47. The molecule has 0 spiro atoms. The molecular formula is C28H35N5O5S. The van der Waals surface area contributed by atoms with Gasteiger partial charge >= 0.3 is 0 Å². The number of oxazole rings is 1. The van der Waals surface area contributed by atoms with Crippen LogP contribution in [0, 0.1) is 17.2 Å². The number of morpholine rings is 1. The lowest BCUT2D eigenvalue weighted by Crippen LogP contribution is -2.42. The summed E-state index contributed by atoms with van der Waals surface area (Å²) in [7, 11) is -2.95. The maximum absolute atomic E-state index is 13.4. The first-order chi connectivity index (χ1) is 18.9. The Morgan fingerprint density at radius 3 is 2.38 bits per heavy atom. The zero-order valence-electron chi connectivity index (χ0n) is 22.1. The lowest BCUT2D eigenvalue weighted by Gasteiger charge is -2.30. The number of hydrogen-bond acceptors (Lipinski definition) is 9. The molecule has 10 nitrogen and oxygen atoms in total. The van der Waals surface area contributed by atoms with E-state index in [0.717, 1.165) is 48.4 Å². The summed E-state index contributed by atoms with van der Waals surface area (Å²) in [6.07, 6.45) is 4.95. The summed E-state index contributed by atoms with van der Waals surface area (Å²) in [6, 6.07) is 10.9. The molecule has 1 N–H and O–H groups in total. The van der Waals surface area contributed by atoms with Crippen LogP contribution in [0.3, 0.4) is 0 Å². The van der Waals surface area contributed by atoms with Crippen molar-refractivity contribution in [2.24, 2.45) is 5.92 Å². The van der Waals surface area contributed by atoms with Crippen molar-refractivity contribution in [3.8, 4) is 17.3 Å². The third kappa shape index (κ3) is 5.50. The molecule has 208 valence electrons. The van der Waals surface area contributed by atoms with Gasteiger partial charge < -0.3 is 24.3 Å². The molecule has 4 fully saturated rings. The van der Waals surface area contributed by atoms with E-state index >= 15 is 0 Å². The lowest BCUT2D eigenvalue weighted by molar-refractivity contribution is -0.127. The van der Waals surface area contributed by atoms with Crippen LogP contribution in [0.15, 0.2) is 28.7 Å². The number of nitrogens with zero attached hydrogens (tertiary/aromatic N) is 4. The highest BCUT2D eigenvalue weighted by Crippen LogP contribution is 2.45. The fraction of sp³-hybridized carbons (Fsp3) is 0.607. The van der Waals surface area contributed by atoms with E-state index in [9.17, 15) is 18.5 Å². The molecule has 2 saturated heterocycles. The smallest absolute Gasteiger partial charge is 0.298 e. The van der Waals surface area contributed by atoms with Crippen LogP contribution in [-0.2, 0) is 19.4 Å². The normalized spacial score (nSPS) is 26.0. The van der Waals surface area contributed by atoms with Crippen LogP contribution in [0.4, 0.5) is 11.7 Å². The molecule has 2 aliphatic heterocycles. The molecule has 2 atom stereocenters. The standard InChI is InChI=1S/C28H35N5O5S/c29-19-28(9-10-28)31-26(34)23-4-2-1-3-22(23)25-24(30-27(38-25)33-11-15-37-16-12-33)20-5-7-21(8-6-20)32-13-17-39(35,36)18-14-32/h5-8,22-23H,1-4,9-18H2,(H,31,34)/t22-,23-/m1/s1. The Balaban J connectivity index is 1.31. The number of hydrogen-bond donors (Lipinski definition) is 1. The van der Waals surface area contributed by atoms with Crippen molar-refractivity contribution in [1.82, 2.24) is 10.3 Å². The molecule has 0 radical (unpaired) electrons. The number of carbonyl (C=O) groups excluding carboxylic acids is 1. The fourth-order valence-electron chi connectivity index (χ4n) is 5.95. The Kier molecular flexibility index (Phi) is 7.02. The summed E-state index contributed by atoms with van der Waals surface area (Å²) < 4.78 is 35.7. The molecule has 2 saturated carbocycles. The van der Waals surface area contributed by atoms with E-state index in [2.05, 4.69) is 21.2 Å². The van der Waals surface area contributed by atoms with Crippen molar-refractivity contribution in [1.29, 1.82) is 5.26 Å². The zero-order valence-corrected chi connectivity index (χ0v) is 22.9. The number of amides is 1. The number of rotatable bonds is 6. The SMILES string of the molecule is N#CC1(NC(=O)[C@@H]2CCCC[C@H]2c2oc(N3CCOCC3)nc2-c2ccc(N3CCS(=O)(=O)CC3)cc2)CC1. The Labute approximate surface area is 229 Å². The van der Waals surface area contributed by atoms with Gasteiger partial charge in [-0.15, -0.1) is 0 Å². The van der Waals surface area contributed by atoms with Gasteiger partial charge in [-0.1, -0.05) is 25.0 Å². The van der Waals surface area contributed by atoms with Crippen LogP contribution in [0.1, 0.15) is 50.2 Å². The van der Waals surface area contributed by atoms with Gasteiger partial charge in [0.15, 0.2) is 9.84 Å². The third-order valence-corrected chi connectivity index (χ3v) is 10.1. The van der Waals surface area contributed by atoms with E-state index in [1.54, 1.807) is 0 Å². The molecule has 11 heteroatoms. The van der Waals surface area contributed by atoms with Crippen molar-refractivity contribution in [3.63, 3.8) is 0 Å². The van der Waals surface area contributed by atoms with Gasteiger partial charge in [-0.05, 0) is 37.8 Å². The largest absolute Gasteiger partial charge is 0.428 e. The summed E-state index contributed by atoms with van der Waals surface area (Å²) >= 11 is 0. The monoisotopic (exact) mass is 553 g/mol. The molecule has 39 heavy (non-hydrogen) atoms. The lowest BCUT2D eigenvalue weighted by atomic mass is 9.76. The molecule has 1 aromatic carbocycles. The number of nitrogens with one attached hydrogen (secondary N) is 1. The van der Waals surface area contributed by atoms with Crippen molar-refractivity contribution in [3.05, 3.63) is 30.0 Å². The second kappa shape index (κ2) is 10.5. The van der Waals surface area contributed by atoms with E-state index in [-0.39, 0.29) is 29.2 Å². The van der Waals surface area contributed by atoms with Crippen molar-refractivity contribution in [2.75, 3.05) is 60.7 Å². The molecule has 0 bridgehead atoms. The fourth-order valence-corrected chi connectivity index (χ4v) is 7.15. The molecule has 3 heterocycles. The predicted octanol–water partition coefficient (Wildman–Crippen LogP) is 2.86. The summed E-state index contributed by atoms with van der Waals surface area (Å²) in [5.74, 6) is 0.604. The van der Waals surface area contributed by atoms with E-state index in [1.165, 1.54) is 0 Å². The Morgan fingerprint density at radius 1 is 1.03 bits per heavy atom. The molecule has 6 rings (SSSR count). The van der Waals surface area contributed by atoms with Crippen LogP contribution in [0.25, 0.3) is 11.3 Å². The average molecular weight is 554 g/mol. The number of aromatic nitrogens is 1. The number of nitriles is 1. The summed E-state index contributed by atoms with van der Waals surface area (Å²) in [5.41, 5.74) is 1.93. The average Bonchev–Trinajstić information content (AvgIpc) is 3.60. The molecule has 0 unspecified atom stereocenters. The van der Waals surface area contributed by atoms with Crippen LogP contribution in [0.5, 0.6) is 0 Å². The van der Waals surface area contributed by atoms with Gasteiger partial charge in [0.1, 0.15) is 17.0 Å². The first kappa shape index (κ1) is 26.1. The molecule has 1 aromatic heterocycles. The second-order valence-corrected chi connectivity index (χ2v) is 13.5. The van der Waals surface area contributed by atoms with Gasteiger partial charge in [0.05, 0.1) is 30.8 Å². The first-order valence-electron chi connectivity index (χ1n) is 14.0. The Morgan fingerprint density at radius 2 is 1.72 bits per heavy atom. The van der Waals surface area contributed by atoms with Gasteiger partial charge in [-0.2, -0.15) is 10.2 Å². The number of sulfone groups is 1. The minimum atomic E-state index is -2.95. The van der Waals surface area contributed by atoms with Crippen LogP contribution < -0.4 is 15.1 Å². The van der Waals surface area contributed by atoms with E-state index in [0.29, 0.717) is 58.2 Å². The third-order valence-electron chi connectivity index (χ3n) is 8.54. The van der Waals surface area contributed by atoms with Crippen molar-refractivity contribution >= 4 is 27.4 Å². The summed E-state index contributed by atoms with van der Waals surface area (Å²) in [6.45, 7) is 3.57. The topological polar surface area (TPSA) is 129 Å². The molecule has 4 aliphatic rings. The van der Waals surface area contributed by atoms with Crippen LogP contribution in [-0.4, -0.2) is 75.7 Å². The maximum Gasteiger partial charge on any atom is 0.298 e. The molecule has 2 aliphatic carbocycles. The van der Waals surface area contributed by atoms with Crippen LogP contribution in [0.2, 0.25) is 0 Å². The van der Waals surface area contributed by atoms with Gasteiger partial charge in [0, 0.05) is 49.3 Å². The van der Waals surface area contributed by atoms with Gasteiger partial charge in [-0.3, -0.25) is 4.79 Å². The first-order valence-corrected chi connectivity index (χ1v) is 15.8.